The molecule has 4 nitrogen and oxygen atoms in total. The van der Waals surface area contributed by atoms with Crippen LogP contribution in [0.2, 0.25) is 5.02 Å². The molecule has 0 bridgehead atoms. The van der Waals surface area contributed by atoms with Gasteiger partial charge in [-0.15, -0.1) is 0 Å². The molecule has 2 aromatic rings. The van der Waals surface area contributed by atoms with Gasteiger partial charge >= 0.3 is 0 Å². The van der Waals surface area contributed by atoms with Crippen molar-refractivity contribution in [1.29, 1.82) is 0 Å². The number of aromatic nitrogens is 1. The number of hydrogen-bond acceptors (Lipinski definition) is 3. The van der Waals surface area contributed by atoms with Gasteiger partial charge in [0.2, 0.25) is 5.91 Å². The van der Waals surface area contributed by atoms with Crippen LogP contribution in [-0.4, -0.2) is 10.9 Å². The molecule has 0 aliphatic carbocycles. The van der Waals surface area contributed by atoms with Crippen LogP contribution in [-0.2, 0) is 11.4 Å². The normalized spacial score (nSPS) is 10.0. The molecule has 108 valence electrons. The highest BCUT2D eigenvalue weighted by atomic mass is 35.5. The zero-order valence-electron chi connectivity index (χ0n) is 11.0. The zero-order valence-corrected chi connectivity index (χ0v) is 11.7. The molecular weight excluding hydrogens is 295 g/mol. The van der Waals surface area contributed by atoms with E-state index in [1.54, 1.807) is 18.5 Å². The third kappa shape index (κ3) is 4.03. The van der Waals surface area contributed by atoms with Crippen molar-refractivity contribution in [2.45, 2.75) is 6.61 Å². The number of rotatable bonds is 5. The van der Waals surface area contributed by atoms with Gasteiger partial charge in [0.15, 0.2) is 11.6 Å². The van der Waals surface area contributed by atoms with Gasteiger partial charge in [-0.1, -0.05) is 18.2 Å². The molecule has 0 aliphatic rings. The van der Waals surface area contributed by atoms with Crippen LogP contribution in [0.4, 0.5) is 10.1 Å². The Kier molecular flexibility index (Phi) is 4.90. The Balaban J connectivity index is 2.06. The monoisotopic (exact) mass is 306 g/mol. The fourth-order valence-electron chi connectivity index (χ4n) is 1.56. The average molecular weight is 307 g/mol. The summed E-state index contributed by atoms with van der Waals surface area (Å²) in [6, 6.07) is 5.76. The molecule has 0 spiro atoms. The highest BCUT2D eigenvalue weighted by Crippen LogP contribution is 2.23. The van der Waals surface area contributed by atoms with Gasteiger partial charge in [0, 0.05) is 29.7 Å². The van der Waals surface area contributed by atoms with E-state index in [2.05, 4.69) is 16.9 Å². The number of carbonyl (C=O) groups is 1. The van der Waals surface area contributed by atoms with Crippen molar-refractivity contribution >= 4 is 23.2 Å². The molecule has 0 saturated carbocycles. The molecule has 0 saturated heterocycles. The second-order valence-electron chi connectivity index (χ2n) is 4.09. The zero-order chi connectivity index (χ0) is 15.2. The van der Waals surface area contributed by atoms with E-state index >= 15 is 0 Å². The van der Waals surface area contributed by atoms with Gasteiger partial charge in [0.25, 0.3) is 0 Å². The number of pyridine rings is 1. The first-order valence-corrected chi connectivity index (χ1v) is 6.42. The number of benzene rings is 1. The molecule has 2 rings (SSSR count). The summed E-state index contributed by atoms with van der Waals surface area (Å²) in [4.78, 5) is 15.0. The second kappa shape index (κ2) is 6.85. The summed E-state index contributed by atoms with van der Waals surface area (Å²) < 4.78 is 19.2. The number of nitrogens with one attached hydrogen (secondary N) is 1. The van der Waals surface area contributed by atoms with Crippen LogP contribution < -0.4 is 10.1 Å². The van der Waals surface area contributed by atoms with Crippen LogP contribution in [0.15, 0.2) is 49.3 Å². The maximum atomic E-state index is 13.9. The van der Waals surface area contributed by atoms with E-state index in [4.69, 9.17) is 16.3 Å². The quantitative estimate of drug-likeness (QED) is 0.859. The van der Waals surface area contributed by atoms with Crippen molar-refractivity contribution in [2.24, 2.45) is 0 Å². The first-order chi connectivity index (χ1) is 10.1. The minimum Gasteiger partial charge on any atom is -0.486 e. The SMILES string of the molecule is C=CC(=O)Nc1ccc(OCc2cnccc2Cl)c(F)c1. The molecule has 0 unspecified atom stereocenters. The summed E-state index contributed by atoms with van der Waals surface area (Å²) >= 11 is 5.96. The van der Waals surface area contributed by atoms with Crippen molar-refractivity contribution in [2.75, 3.05) is 5.32 Å². The summed E-state index contributed by atoms with van der Waals surface area (Å²) in [5.74, 6) is -0.936. The number of nitrogens with zero attached hydrogens (tertiary/aromatic N) is 1. The minimum absolute atomic E-state index is 0.0616. The van der Waals surface area contributed by atoms with Gasteiger partial charge in [-0.3, -0.25) is 9.78 Å². The Morgan fingerprint density at radius 3 is 2.95 bits per heavy atom. The third-order valence-corrected chi connectivity index (χ3v) is 2.98. The van der Waals surface area contributed by atoms with Crippen molar-refractivity contribution in [3.63, 3.8) is 0 Å². The lowest BCUT2D eigenvalue weighted by Crippen LogP contribution is -2.07. The predicted octanol–water partition coefficient (Wildman–Crippen LogP) is 3.58. The second-order valence-corrected chi connectivity index (χ2v) is 4.50. The Labute approximate surface area is 126 Å². The molecule has 0 atom stereocenters. The van der Waals surface area contributed by atoms with E-state index in [0.29, 0.717) is 16.3 Å². The van der Waals surface area contributed by atoms with Gasteiger partial charge in [-0.2, -0.15) is 0 Å². The molecule has 0 aliphatic heterocycles. The molecule has 0 fully saturated rings. The van der Waals surface area contributed by atoms with Crippen LogP contribution >= 0.6 is 11.6 Å². The lowest BCUT2D eigenvalue weighted by molar-refractivity contribution is -0.111. The van der Waals surface area contributed by atoms with E-state index in [0.717, 1.165) is 6.08 Å². The molecular formula is C15H12ClFN2O2. The topological polar surface area (TPSA) is 51.2 Å². The lowest BCUT2D eigenvalue weighted by Gasteiger charge is -2.09. The summed E-state index contributed by atoms with van der Waals surface area (Å²) in [7, 11) is 0. The standard InChI is InChI=1S/C15H12ClFN2O2/c1-2-15(20)19-11-3-4-14(13(17)7-11)21-9-10-8-18-6-5-12(10)16/h2-8H,1,9H2,(H,19,20). The van der Waals surface area contributed by atoms with Gasteiger partial charge < -0.3 is 10.1 Å². The molecule has 0 radical (unpaired) electrons. The Hall–Kier alpha value is -2.40. The van der Waals surface area contributed by atoms with E-state index in [-0.39, 0.29) is 12.4 Å². The third-order valence-electron chi connectivity index (χ3n) is 2.61. The van der Waals surface area contributed by atoms with Crippen molar-refractivity contribution in [1.82, 2.24) is 4.98 Å². The number of carbonyl (C=O) groups excluding carboxylic acids is 1. The Bertz CT molecular complexity index is 676. The highest BCUT2D eigenvalue weighted by molar-refractivity contribution is 6.31. The predicted molar refractivity (Wildman–Crippen MR) is 78.8 cm³/mol. The maximum Gasteiger partial charge on any atom is 0.247 e. The van der Waals surface area contributed by atoms with Gasteiger partial charge in [-0.05, 0) is 24.3 Å². The van der Waals surface area contributed by atoms with Crippen LogP contribution in [0.1, 0.15) is 5.56 Å². The molecule has 1 N–H and O–H groups in total. The summed E-state index contributed by atoms with van der Waals surface area (Å²) in [6.45, 7) is 3.42. The van der Waals surface area contributed by atoms with Crippen molar-refractivity contribution in [3.05, 3.63) is 65.7 Å². The molecule has 1 heterocycles. The van der Waals surface area contributed by atoms with E-state index in [9.17, 15) is 9.18 Å². The molecule has 1 aromatic heterocycles. The summed E-state index contributed by atoms with van der Waals surface area (Å²) in [6.07, 6.45) is 4.22. The van der Waals surface area contributed by atoms with E-state index in [1.807, 2.05) is 0 Å². The fourth-order valence-corrected chi connectivity index (χ4v) is 1.72. The van der Waals surface area contributed by atoms with Gasteiger partial charge in [-0.25, -0.2) is 4.39 Å². The van der Waals surface area contributed by atoms with Crippen molar-refractivity contribution in [3.8, 4) is 5.75 Å². The first-order valence-electron chi connectivity index (χ1n) is 6.04. The summed E-state index contributed by atoms with van der Waals surface area (Å²) in [5.41, 5.74) is 0.978. The number of halogens is 2. The summed E-state index contributed by atoms with van der Waals surface area (Å²) in [5, 5.41) is 2.96. The van der Waals surface area contributed by atoms with Gasteiger partial charge in [0.05, 0.1) is 5.02 Å². The van der Waals surface area contributed by atoms with Crippen LogP contribution in [0, 0.1) is 5.82 Å². The Morgan fingerprint density at radius 1 is 1.48 bits per heavy atom. The minimum atomic E-state index is -0.586. The van der Waals surface area contributed by atoms with E-state index < -0.39 is 11.7 Å². The maximum absolute atomic E-state index is 13.9. The largest absolute Gasteiger partial charge is 0.486 e. The number of amides is 1. The molecule has 21 heavy (non-hydrogen) atoms. The van der Waals surface area contributed by atoms with Gasteiger partial charge in [0.1, 0.15) is 6.61 Å². The van der Waals surface area contributed by atoms with Crippen LogP contribution in [0.3, 0.4) is 0 Å². The fraction of sp³-hybridized carbons (Fsp3) is 0.0667. The first kappa shape index (κ1) is 15.0. The van der Waals surface area contributed by atoms with E-state index in [1.165, 1.54) is 18.2 Å². The number of anilines is 1. The lowest BCUT2D eigenvalue weighted by atomic mass is 10.2. The van der Waals surface area contributed by atoms with Crippen molar-refractivity contribution < 1.29 is 13.9 Å². The molecule has 6 heteroatoms. The van der Waals surface area contributed by atoms with Crippen LogP contribution in [0.5, 0.6) is 5.75 Å². The number of hydrogen-bond donors (Lipinski definition) is 1. The number of ether oxygens (including phenoxy) is 1. The molecule has 1 aromatic carbocycles. The molecule has 1 amide bonds. The smallest absolute Gasteiger partial charge is 0.247 e. The average Bonchev–Trinajstić information content (AvgIpc) is 2.48. The van der Waals surface area contributed by atoms with Crippen LogP contribution in [0.25, 0.3) is 0 Å². The Morgan fingerprint density at radius 2 is 2.29 bits per heavy atom. The highest BCUT2D eigenvalue weighted by Gasteiger charge is 2.08.